The smallest absolute Gasteiger partial charge is 0.385 e. The second-order valence-electron chi connectivity index (χ2n) is 5.07. The van der Waals surface area contributed by atoms with Crippen LogP contribution in [-0.2, 0) is 14.8 Å². The van der Waals surface area contributed by atoms with Gasteiger partial charge in [-0.15, -0.1) is 5.10 Å². The lowest BCUT2D eigenvalue weighted by molar-refractivity contribution is -0.141. The summed E-state index contributed by atoms with van der Waals surface area (Å²) in [6, 6.07) is 3.95. The molecule has 2 aromatic rings. The zero-order chi connectivity index (χ0) is 18.8. The Kier molecular flexibility index (Phi) is 5.17. The number of hydrogen-bond acceptors (Lipinski definition) is 6. The Balaban J connectivity index is 2.16. The quantitative estimate of drug-likeness (QED) is 0.742. The summed E-state index contributed by atoms with van der Waals surface area (Å²) in [5.74, 6) is -1.02. The lowest BCUT2D eigenvalue weighted by Gasteiger charge is -2.11. The zero-order valence-corrected chi connectivity index (χ0v) is 13.9. The van der Waals surface area contributed by atoms with Crippen molar-refractivity contribution in [2.45, 2.75) is 11.1 Å². The third-order valence-corrected chi connectivity index (χ3v) is 4.78. The number of aromatic nitrogens is 3. The molecule has 9 nitrogen and oxygen atoms in total. The van der Waals surface area contributed by atoms with Crippen LogP contribution in [-0.4, -0.2) is 67.2 Å². The van der Waals surface area contributed by atoms with Crippen LogP contribution in [0.2, 0.25) is 0 Å². The summed E-state index contributed by atoms with van der Waals surface area (Å²) in [6.45, 7) is -2.24. The number of alkyl halides is 3. The lowest BCUT2D eigenvalue weighted by Crippen LogP contribution is -2.38. The number of carbonyl (C=O) groups is 1. The van der Waals surface area contributed by atoms with E-state index >= 15 is 0 Å². The van der Waals surface area contributed by atoms with Crippen molar-refractivity contribution >= 4 is 27.0 Å². The number of halogens is 3. The average Bonchev–Trinajstić information content (AvgIpc) is 2.92. The molecule has 2 rings (SSSR count). The molecule has 1 aromatic carbocycles. The summed E-state index contributed by atoms with van der Waals surface area (Å²) >= 11 is 0. The number of nitrogens with one attached hydrogen (secondary N) is 1. The van der Waals surface area contributed by atoms with Crippen LogP contribution >= 0.6 is 0 Å². The summed E-state index contributed by atoms with van der Waals surface area (Å²) in [5.41, 5.74) is 0.431. The zero-order valence-electron chi connectivity index (χ0n) is 13.1. The van der Waals surface area contributed by atoms with Gasteiger partial charge in [-0.1, -0.05) is 4.85 Å². The highest BCUT2D eigenvalue weighted by Gasteiger charge is 2.27. The molecular weight excluding hydrogens is 367 g/mol. The molecule has 0 aliphatic carbocycles. The van der Waals surface area contributed by atoms with Gasteiger partial charge in [0.2, 0.25) is 10.0 Å². The standard InChI is InChI=1S/C12H14F3N5O4S/c1-19(2)25(22,23)8-3-4-9-10(5-8)20(18-17-9)24-6-11(21)16-7-12(13,14)15/h3-5H,6-7H2,1-2H3,(H,16,21). The van der Waals surface area contributed by atoms with Crippen molar-refractivity contribution in [3.8, 4) is 0 Å². The molecule has 13 heteroatoms. The molecule has 1 amide bonds. The molecule has 138 valence electrons. The van der Waals surface area contributed by atoms with Gasteiger partial charge in [0, 0.05) is 14.1 Å². The molecule has 0 radical (unpaired) electrons. The van der Waals surface area contributed by atoms with Gasteiger partial charge >= 0.3 is 6.18 Å². The molecule has 0 saturated heterocycles. The van der Waals surface area contributed by atoms with E-state index in [9.17, 15) is 26.4 Å². The van der Waals surface area contributed by atoms with Crippen molar-refractivity contribution in [1.82, 2.24) is 24.8 Å². The summed E-state index contributed by atoms with van der Waals surface area (Å²) in [6.07, 6.45) is -4.54. The highest BCUT2D eigenvalue weighted by Crippen LogP contribution is 2.19. The minimum atomic E-state index is -4.54. The Labute approximate surface area is 140 Å². The first-order valence-corrected chi connectivity index (χ1v) is 8.19. The number of hydrogen-bond donors (Lipinski definition) is 1. The number of rotatable bonds is 6. The monoisotopic (exact) mass is 381 g/mol. The Morgan fingerprint density at radius 1 is 1.36 bits per heavy atom. The van der Waals surface area contributed by atoms with Crippen molar-refractivity contribution in [2.24, 2.45) is 0 Å². The molecule has 0 spiro atoms. The van der Waals surface area contributed by atoms with Crippen LogP contribution in [0.3, 0.4) is 0 Å². The Bertz CT molecular complexity index is 878. The maximum Gasteiger partial charge on any atom is 0.405 e. The molecule has 0 atom stereocenters. The molecule has 0 unspecified atom stereocenters. The third-order valence-electron chi connectivity index (χ3n) is 2.97. The predicted octanol–water partition coefficient (Wildman–Crippen LogP) is -0.211. The third kappa shape index (κ3) is 4.57. The molecular formula is C12H14F3N5O4S. The Morgan fingerprint density at radius 3 is 2.64 bits per heavy atom. The van der Waals surface area contributed by atoms with Gasteiger partial charge in [0.15, 0.2) is 6.61 Å². The van der Waals surface area contributed by atoms with E-state index in [1.807, 2.05) is 0 Å². The summed E-state index contributed by atoms with van der Waals surface area (Å²) in [5, 5.41) is 8.93. The van der Waals surface area contributed by atoms with E-state index in [-0.39, 0.29) is 15.9 Å². The fraction of sp³-hybridized carbons (Fsp3) is 0.417. The van der Waals surface area contributed by atoms with Crippen LogP contribution < -0.4 is 10.2 Å². The van der Waals surface area contributed by atoms with E-state index in [1.54, 1.807) is 5.32 Å². The Hall–Kier alpha value is -2.41. The van der Waals surface area contributed by atoms with Gasteiger partial charge in [0.25, 0.3) is 5.91 Å². The van der Waals surface area contributed by atoms with Crippen molar-refractivity contribution in [1.29, 1.82) is 0 Å². The minimum absolute atomic E-state index is 0.0568. The minimum Gasteiger partial charge on any atom is -0.385 e. The molecule has 1 aromatic heterocycles. The van der Waals surface area contributed by atoms with E-state index < -0.39 is 35.3 Å². The molecule has 0 fully saturated rings. The van der Waals surface area contributed by atoms with E-state index in [4.69, 9.17) is 4.84 Å². The first kappa shape index (κ1) is 18.9. The predicted molar refractivity (Wildman–Crippen MR) is 78.9 cm³/mol. The van der Waals surface area contributed by atoms with E-state index in [2.05, 4.69) is 10.3 Å². The number of fused-ring (bicyclic) bond motifs is 1. The number of carbonyl (C=O) groups excluding carboxylic acids is 1. The second kappa shape index (κ2) is 6.84. The summed E-state index contributed by atoms with van der Waals surface area (Å²) in [7, 11) is -0.999. The van der Waals surface area contributed by atoms with Crippen LogP contribution in [0.1, 0.15) is 0 Å². The van der Waals surface area contributed by atoms with Crippen molar-refractivity contribution in [2.75, 3.05) is 27.2 Å². The van der Waals surface area contributed by atoms with Crippen LogP contribution in [0, 0.1) is 0 Å². The highest BCUT2D eigenvalue weighted by atomic mass is 32.2. The average molecular weight is 381 g/mol. The molecule has 0 aliphatic heterocycles. The van der Waals surface area contributed by atoms with Gasteiger partial charge in [-0.2, -0.15) is 13.2 Å². The number of amides is 1. The van der Waals surface area contributed by atoms with Crippen LogP contribution in [0.5, 0.6) is 0 Å². The Morgan fingerprint density at radius 2 is 2.04 bits per heavy atom. The maximum absolute atomic E-state index is 12.1. The fourth-order valence-electron chi connectivity index (χ4n) is 1.71. The number of sulfonamides is 1. The van der Waals surface area contributed by atoms with Gasteiger partial charge in [-0.3, -0.25) is 4.79 Å². The first-order valence-electron chi connectivity index (χ1n) is 6.75. The van der Waals surface area contributed by atoms with E-state index in [0.29, 0.717) is 0 Å². The number of benzene rings is 1. The summed E-state index contributed by atoms with van der Waals surface area (Å²) < 4.78 is 61.3. The molecule has 1 N–H and O–H groups in total. The second-order valence-corrected chi connectivity index (χ2v) is 7.22. The highest BCUT2D eigenvalue weighted by molar-refractivity contribution is 7.89. The number of nitrogens with zero attached hydrogens (tertiary/aromatic N) is 4. The molecule has 1 heterocycles. The normalized spacial score (nSPS) is 12.6. The van der Waals surface area contributed by atoms with Crippen LogP contribution in [0.15, 0.2) is 23.1 Å². The van der Waals surface area contributed by atoms with Gasteiger partial charge in [-0.05, 0) is 23.4 Å². The van der Waals surface area contributed by atoms with Gasteiger partial charge in [0.1, 0.15) is 17.6 Å². The first-order chi connectivity index (χ1) is 11.5. The lowest BCUT2D eigenvalue weighted by atomic mass is 10.3. The van der Waals surface area contributed by atoms with Gasteiger partial charge < -0.3 is 10.2 Å². The molecule has 0 bridgehead atoms. The van der Waals surface area contributed by atoms with E-state index in [1.165, 1.54) is 32.3 Å². The van der Waals surface area contributed by atoms with Gasteiger partial charge in [-0.25, -0.2) is 12.7 Å². The topological polar surface area (TPSA) is 106 Å². The van der Waals surface area contributed by atoms with Crippen molar-refractivity contribution < 1.29 is 31.2 Å². The maximum atomic E-state index is 12.1. The van der Waals surface area contributed by atoms with E-state index in [0.717, 1.165) is 9.15 Å². The molecule has 0 saturated carbocycles. The molecule has 25 heavy (non-hydrogen) atoms. The largest absolute Gasteiger partial charge is 0.405 e. The van der Waals surface area contributed by atoms with Gasteiger partial charge in [0.05, 0.1) is 4.90 Å². The van der Waals surface area contributed by atoms with Crippen molar-refractivity contribution in [3.05, 3.63) is 18.2 Å². The SMILES string of the molecule is CN(C)S(=O)(=O)c1ccc2nnn(OCC(=O)NCC(F)(F)F)c2c1. The molecule has 0 aliphatic rings. The van der Waals surface area contributed by atoms with Crippen LogP contribution in [0.4, 0.5) is 13.2 Å². The summed E-state index contributed by atoms with van der Waals surface area (Å²) in [4.78, 5) is 17.0. The van der Waals surface area contributed by atoms with Crippen molar-refractivity contribution in [3.63, 3.8) is 0 Å². The van der Waals surface area contributed by atoms with Crippen LogP contribution in [0.25, 0.3) is 11.0 Å². The fourth-order valence-corrected chi connectivity index (χ4v) is 2.64.